The molecule has 0 amide bonds. The summed E-state index contributed by atoms with van der Waals surface area (Å²) in [4.78, 5) is 61.6. The number of hydrogen-bond donors (Lipinski definition) is 5. The van der Waals surface area contributed by atoms with E-state index in [-0.39, 0.29) is 18.6 Å². The molecular weight excluding hydrogens is 501 g/mol. The number of hydrogen-bond acceptors (Lipinski definition) is 10. The lowest BCUT2D eigenvalue weighted by atomic mass is 10.2. The summed E-state index contributed by atoms with van der Waals surface area (Å²) < 4.78 is 58.0. The summed E-state index contributed by atoms with van der Waals surface area (Å²) in [6.07, 6.45) is -0.191. The lowest BCUT2D eigenvalue weighted by molar-refractivity contribution is -0.0571. The zero-order valence-corrected chi connectivity index (χ0v) is 19.1. The summed E-state index contributed by atoms with van der Waals surface area (Å²) in [5.74, 6) is 0. The molecule has 1 saturated heterocycles. The van der Waals surface area contributed by atoms with Crippen molar-refractivity contribution in [3.05, 3.63) is 45.3 Å². The monoisotopic (exact) mass is 522 g/mol. The molecule has 0 aliphatic carbocycles. The second-order valence-corrected chi connectivity index (χ2v) is 10.8. The highest BCUT2D eigenvalue weighted by molar-refractivity contribution is 7.66. The molecule has 1 aliphatic rings. The number of aryl methyl sites for hydroxylation is 1. The zero-order valence-electron chi connectivity index (χ0n) is 16.4. The Hall–Kier alpha value is -1.25. The highest BCUT2D eigenvalue weighted by Gasteiger charge is 2.43. The van der Waals surface area contributed by atoms with E-state index in [0.29, 0.717) is 0 Å². The summed E-state index contributed by atoms with van der Waals surface area (Å²) in [6, 6.07) is 0. The van der Waals surface area contributed by atoms with E-state index in [2.05, 4.69) is 24.7 Å². The van der Waals surface area contributed by atoms with Gasteiger partial charge >= 0.3 is 29.2 Å². The van der Waals surface area contributed by atoms with Crippen LogP contribution in [0, 0.1) is 6.92 Å². The van der Waals surface area contributed by atoms with Crippen molar-refractivity contribution in [2.24, 2.45) is 0 Å². The molecule has 16 nitrogen and oxygen atoms in total. The van der Waals surface area contributed by atoms with Crippen molar-refractivity contribution in [1.29, 1.82) is 0 Å². The standard InChI is InChI=1S/C13H21N2O14P3/c1-3-4-25-9-5-11(15-6-8(2)12(16)14-13(15)17)27-10(9)7-26-31(21,22)29-32(23,24)28-30(18,19)20/h3,6,9-11H,1,4-5,7H2,2H3,(H,21,22)(H,23,24)(H,14,16,17)(H2,18,19,20)/t9-,10?,11-/m1/s1. The van der Waals surface area contributed by atoms with Gasteiger partial charge in [0.25, 0.3) is 5.56 Å². The second kappa shape index (κ2) is 10.3. The Balaban J connectivity index is 2.13. The average Bonchev–Trinajstić information content (AvgIpc) is 3.01. The Labute approximate surface area is 179 Å². The minimum Gasteiger partial charge on any atom is -0.371 e. The molecule has 5 N–H and O–H groups in total. The first-order chi connectivity index (χ1) is 14.6. The summed E-state index contributed by atoms with van der Waals surface area (Å²) in [5, 5.41) is 0. The van der Waals surface area contributed by atoms with Crippen molar-refractivity contribution in [1.82, 2.24) is 9.55 Å². The van der Waals surface area contributed by atoms with E-state index >= 15 is 0 Å². The van der Waals surface area contributed by atoms with Crippen LogP contribution in [-0.4, -0.2) is 54.5 Å². The topological polar surface area (TPSA) is 233 Å². The van der Waals surface area contributed by atoms with Crippen LogP contribution in [-0.2, 0) is 36.3 Å². The molecule has 0 saturated carbocycles. The van der Waals surface area contributed by atoms with Crippen molar-refractivity contribution in [3.63, 3.8) is 0 Å². The number of phosphoric ester groups is 1. The van der Waals surface area contributed by atoms with Crippen LogP contribution in [0.15, 0.2) is 28.4 Å². The Bertz CT molecular complexity index is 1090. The molecule has 2 heterocycles. The maximum absolute atomic E-state index is 12.1. The smallest absolute Gasteiger partial charge is 0.371 e. The minimum absolute atomic E-state index is 0.0338. The molecule has 19 heteroatoms. The van der Waals surface area contributed by atoms with Gasteiger partial charge in [0, 0.05) is 18.2 Å². The van der Waals surface area contributed by atoms with Gasteiger partial charge in [0.2, 0.25) is 0 Å². The fraction of sp³-hybridized carbons (Fsp3) is 0.538. The number of H-pyrrole nitrogens is 1. The van der Waals surface area contributed by atoms with Crippen LogP contribution in [0.25, 0.3) is 0 Å². The predicted octanol–water partition coefficient (Wildman–Crippen LogP) is 0.0470. The molecule has 0 radical (unpaired) electrons. The van der Waals surface area contributed by atoms with Gasteiger partial charge in [-0.05, 0) is 6.92 Å². The fourth-order valence-electron chi connectivity index (χ4n) is 2.66. The van der Waals surface area contributed by atoms with E-state index in [1.807, 2.05) is 0 Å². The third-order valence-electron chi connectivity index (χ3n) is 3.88. The fourth-order valence-corrected chi connectivity index (χ4v) is 5.69. The first-order valence-corrected chi connectivity index (χ1v) is 13.1. The maximum atomic E-state index is 12.1. The third kappa shape index (κ3) is 7.96. The molecule has 0 aromatic carbocycles. The highest BCUT2D eigenvalue weighted by atomic mass is 31.3. The molecule has 32 heavy (non-hydrogen) atoms. The number of aromatic nitrogens is 2. The van der Waals surface area contributed by atoms with Gasteiger partial charge in [-0.2, -0.15) is 8.62 Å². The largest absolute Gasteiger partial charge is 0.490 e. The molecule has 182 valence electrons. The molecule has 1 fully saturated rings. The Kier molecular flexibility index (Phi) is 8.73. The predicted molar refractivity (Wildman–Crippen MR) is 104 cm³/mol. The molecule has 1 aromatic rings. The lowest BCUT2D eigenvalue weighted by Crippen LogP contribution is -2.33. The average molecular weight is 522 g/mol. The number of aromatic amines is 1. The van der Waals surface area contributed by atoms with Crippen molar-refractivity contribution in [3.8, 4) is 0 Å². The molecule has 0 spiro atoms. The van der Waals surface area contributed by atoms with Crippen LogP contribution in [0.5, 0.6) is 0 Å². The molecular formula is C13H21N2O14P3. The van der Waals surface area contributed by atoms with Crippen LogP contribution in [0.4, 0.5) is 0 Å². The molecule has 3 unspecified atom stereocenters. The third-order valence-corrected chi connectivity index (χ3v) is 7.69. The molecule has 0 bridgehead atoms. The highest BCUT2D eigenvalue weighted by Crippen LogP contribution is 2.66. The van der Waals surface area contributed by atoms with Crippen molar-refractivity contribution < 1.29 is 55.9 Å². The van der Waals surface area contributed by atoms with E-state index in [0.717, 1.165) is 4.57 Å². The SMILES string of the molecule is C=CCO[C@@H]1C[C@H](n2cc(C)c(=O)[nH]c2=O)OC1COP(=O)(O)OP(=O)(O)OP(=O)(O)O. The normalized spacial score (nSPS) is 25.2. The van der Waals surface area contributed by atoms with Crippen molar-refractivity contribution in [2.45, 2.75) is 31.8 Å². The number of nitrogens with zero attached hydrogens (tertiary/aromatic N) is 1. The van der Waals surface area contributed by atoms with Crippen LogP contribution >= 0.6 is 23.5 Å². The molecule has 1 aromatic heterocycles. The van der Waals surface area contributed by atoms with Gasteiger partial charge in [0.05, 0.1) is 19.3 Å². The second-order valence-electron chi connectivity index (χ2n) is 6.39. The van der Waals surface area contributed by atoms with Crippen LogP contribution < -0.4 is 11.2 Å². The van der Waals surface area contributed by atoms with Crippen molar-refractivity contribution >= 4 is 23.5 Å². The van der Waals surface area contributed by atoms with E-state index in [4.69, 9.17) is 19.3 Å². The summed E-state index contributed by atoms with van der Waals surface area (Å²) in [6.45, 7) is 4.21. The number of rotatable bonds is 11. The Morgan fingerprint density at radius 1 is 1.22 bits per heavy atom. The molecule has 1 aliphatic heterocycles. The minimum atomic E-state index is -5.67. The first-order valence-electron chi connectivity index (χ1n) is 8.61. The quantitative estimate of drug-likeness (QED) is 0.191. The van der Waals surface area contributed by atoms with Gasteiger partial charge in [-0.1, -0.05) is 6.08 Å². The van der Waals surface area contributed by atoms with Gasteiger partial charge in [-0.3, -0.25) is 18.9 Å². The van der Waals surface area contributed by atoms with Crippen LogP contribution in [0.3, 0.4) is 0 Å². The summed E-state index contributed by atoms with van der Waals surface area (Å²) in [7, 11) is -16.6. The Morgan fingerprint density at radius 3 is 2.47 bits per heavy atom. The van der Waals surface area contributed by atoms with E-state index in [9.17, 15) is 33.1 Å². The number of nitrogens with one attached hydrogen (secondary N) is 1. The van der Waals surface area contributed by atoms with E-state index in [1.165, 1.54) is 19.2 Å². The van der Waals surface area contributed by atoms with Gasteiger partial charge in [0.1, 0.15) is 12.3 Å². The van der Waals surface area contributed by atoms with Gasteiger partial charge in [0.15, 0.2) is 0 Å². The number of ether oxygens (including phenoxy) is 2. The first kappa shape index (κ1) is 27.0. The summed E-state index contributed by atoms with van der Waals surface area (Å²) >= 11 is 0. The van der Waals surface area contributed by atoms with Crippen molar-refractivity contribution in [2.75, 3.05) is 13.2 Å². The Morgan fingerprint density at radius 2 is 1.88 bits per heavy atom. The van der Waals surface area contributed by atoms with Crippen LogP contribution in [0.1, 0.15) is 18.2 Å². The van der Waals surface area contributed by atoms with E-state index < -0.39 is 59.8 Å². The molecule has 2 rings (SSSR count). The maximum Gasteiger partial charge on any atom is 0.490 e. The van der Waals surface area contributed by atoms with Crippen LogP contribution in [0.2, 0.25) is 0 Å². The number of phosphoric acid groups is 3. The van der Waals surface area contributed by atoms with E-state index in [1.54, 1.807) is 0 Å². The zero-order chi connectivity index (χ0) is 24.3. The molecule has 5 atom stereocenters. The van der Waals surface area contributed by atoms with Gasteiger partial charge in [-0.15, -0.1) is 6.58 Å². The van der Waals surface area contributed by atoms with Gasteiger partial charge in [-0.25, -0.2) is 18.5 Å². The summed E-state index contributed by atoms with van der Waals surface area (Å²) in [5.41, 5.74) is -1.15. The lowest BCUT2D eigenvalue weighted by Gasteiger charge is -2.21. The van der Waals surface area contributed by atoms with Gasteiger partial charge < -0.3 is 29.0 Å².